The van der Waals surface area contributed by atoms with Crippen molar-refractivity contribution in [3.8, 4) is 5.75 Å². The van der Waals surface area contributed by atoms with E-state index in [0.29, 0.717) is 0 Å². The second-order valence-corrected chi connectivity index (χ2v) is 3.69. The van der Waals surface area contributed by atoms with Crippen LogP contribution in [-0.4, -0.2) is 42.6 Å². The summed E-state index contributed by atoms with van der Waals surface area (Å²) in [5.41, 5.74) is 0.841. The molecule has 1 aromatic carbocycles. The van der Waals surface area contributed by atoms with Crippen LogP contribution < -0.4 is 4.74 Å². The molecule has 0 atom stereocenters. The van der Waals surface area contributed by atoms with E-state index < -0.39 is 5.97 Å². The fourth-order valence-electron chi connectivity index (χ4n) is 1.29. The molecule has 0 aliphatic carbocycles. The van der Waals surface area contributed by atoms with Crippen LogP contribution in [0, 0.1) is 0 Å². The molecular formula is C13H15NO4. The number of benzene rings is 1. The molecule has 0 saturated heterocycles. The average Bonchev–Trinajstić information content (AvgIpc) is 2.35. The summed E-state index contributed by atoms with van der Waals surface area (Å²) in [6, 6.07) is 7.18. The fourth-order valence-corrected chi connectivity index (χ4v) is 1.29. The maximum absolute atomic E-state index is 11.5. The molecule has 0 radical (unpaired) electrons. The number of carbonyl (C=O) groups excluding carboxylic acids is 1. The molecule has 0 fully saturated rings. The first-order valence-electron chi connectivity index (χ1n) is 5.32. The van der Waals surface area contributed by atoms with Crippen LogP contribution in [0.25, 0.3) is 6.08 Å². The number of carbonyl (C=O) groups is 2. The summed E-state index contributed by atoms with van der Waals surface area (Å²) in [5.74, 6) is -0.654. The highest BCUT2D eigenvalue weighted by atomic mass is 16.5. The van der Waals surface area contributed by atoms with Gasteiger partial charge in [-0.1, -0.05) is 12.1 Å². The van der Waals surface area contributed by atoms with Crippen LogP contribution in [0.2, 0.25) is 0 Å². The predicted molar refractivity (Wildman–Crippen MR) is 67.3 cm³/mol. The Bertz CT molecular complexity index is 451. The Kier molecular flexibility index (Phi) is 4.92. The Morgan fingerprint density at radius 1 is 1.33 bits per heavy atom. The van der Waals surface area contributed by atoms with E-state index in [-0.39, 0.29) is 12.5 Å². The molecule has 1 N–H and O–H groups in total. The number of hydrogen-bond donors (Lipinski definition) is 1. The number of nitrogens with zero attached hydrogens (tertiary/aromatic N) is 1. The molecule has 0 heterocycles. The highest BCUT2D eigenvalue weighted by molar-refractivity contribution is 5.93. The molecular weight excluding hydrogens is 234 g/mol. The predicted octanol–water partition coefficient (Wildman–Crippen LogP) is 1.25. The van der Waals surface area contributed by atoms with E-state index in [1.807, 2.05) is 0 Å². The average molecular weight is 249 g/mol. The molecule has 5 heteroatoms. The Hall–Kier alpha value is -2.30. The van der Waals surface area contributed by atoms with Gasteiger partial charge in [-0.25, -0.2) is 0 Å². The minimum Gasteiger partial charge on any atom is -0.497 e. The van der Waals surface area contributed by atoms with Gasteiger partial charge in [0.1, 0.15) is 12.3 Å². The van der Waals surface area contributed by atoms with Gasteiger partial charge in [-0.05, 0) is 23.8 Å². The lowest BCUT2D eigenvalue weighted by Crippen LogP contribution is -2.30. The van der Waals surface area contributed by atoms with E-state index in [0.717, 1.165) is 16.2 Å². The summed E-state index contributed by atoms with van der Waals surface area (Å²) in [7, 11) is 3.02. The van der Waals surface area contributed by atoms with E-state index in [1.54, 1.807) is 37.5 Å². The van der Waals surface area contributed by atoms with Gasteiger partial charge in [0.2, 0.25) is 5.91 Å². The number of carboxylic acids is 1. The van der Waals surface area contributed by atoms with Crippen LogP contribution in [0.4, 0.5) is 0 Å². The third kappa shape index (κ3) is 4.29. The lowest BCUT2D eigenvalue weighted by atomic mass is 10.2. The quantitative estimate of drug-likeness (QED) is 0.797. The number of rotatable bonds is 5. The zero-order valence-electron chi connectivity index (χ0n) is 10.3. The molecule has 0 aliphatic heterocycles. The van der Waals surface area contributed by atoms with Crippen LogP contribution in [0.3, 0.4) is 0 Å². The van der Waals surface area contributed by atoms with Crippen molar-refractivity contribution in [2.24, 2.45) is 0 Å². The van der Waals surface area contributed by atoms with E-state index in [9.17, 15) is 9.59 Å². The minimum atomic E-state index is -1.04. The Morgan fingerprint density at radius 3 is 2.44 bits per heavy atom. The van der Waals surface area contributed by atoms with Crippen molar-refractivity contribution >= 4 is 18.0 Å². The van der Waals surface area contributed by atoms with Crippen molar-refractivity contribution in [3.05, 3.63) is 35.9 Å². The lowest BCUT2D eigenvalue weighted by molar-refractivity contribution is -0.141. The molecule has 0 aromatic heterocycles. The van der Waals surface area contributed by atoms with Gasteiger partial charge in [0, 0.05) is 13.1 Å². The van der Waals surface area contributed by atoms with Gasteiger partial charge in [-0.2, -0.15) is 0 Å². The van der Waals surface area contributed by atoms with E-state index >= 15 is 0 Å². The molecule has 0 aliphatic rings. The van der Waals surface area contributed by atoms with Crippen LogP contribution in [0.15, 0.2) is 30.3 Å². The largest absolute Gasteiger partial charge is 0.497 e. The van der Waals surface area contributed by atoms with Gasteiger partial charge in [0.15, 0.2) is 0 Å². The SMILES string of the molecule is COc1ccc(/C=C/C(=O)N(C)CC(=O)O)cc1. The van der Waals surface area contributed by atoms with Crippen molar-refractivity contribution in [2.45, 2.75) is 0 Å². The molecule has 1 rings (SSSR count). The number of hydrogen-bond acceptors (Lipinski definition) is 3. The number of ether oxygens (including phenoxy) is 1. The van der Waals surface area contributed by atoms with Crippen LogP contribution in [0.1, 0.15) is 5.56 Å². The summed E-state index contributed by atoms with van der Waals surface area (Å²) in [5, 5.41) is 8.54. The number of carboxylic acid groups (broad SMARTS) is 1. The normalized spacial score (nSPS) is 10.3. The smallest absolute Gasteiger partial charge is 0.323 e. The first-order chi connectivity index (χ1) is 8.52. The number of amides is 1. The molecule has 18 heavy (non-hydrogen) atoms. The number of methoxy groups -OCH3 is 1. The van der Waals surface area contributed by atoms with Gasteiger partial charge in [0.25, 0.3) is 0 Å². The minimum absolute atomic E-state index is 0.314. The molecule has 1 amide bonds. The third-order valence-corrected chi connectivity index (χ3v) is 2.28. The van der Waals surface area contributed by atoms with Crippen molar-refractivity contribution in [1.29, 1.82) is 0 Å². The fraction of sp³-hybridized carbons (Fsp3) is 0.231. The van der Waals surface area contributed by atoms with Crippen molar-refractivity contribution in [3.63, 3.8) is 0 Å². The van der Waals surface area contributed by atoms with Gasteiger partial charge < -0.3 is 14.7 Å². The highest BCUT2D eigenvalue weighted by Gasteiger charge is 2.08. The van der Waals surface area contributed by atoms with Gasteiger partial charge >= 0.3 is 5.97 Å². The van der Waals surface area contributed by atoms with Gasteiger partial charge in [-0.15, -0.1) is 0 Å². The maximum Gasteiger partial charge on any atom is 0.323 e. The standard InChI is InChI=1S/C13H15NO4/c1-14(9-13(16)17)12(15)8-5-10-3-6-11(18-2)7-4-10/h3-8H,9H2,1-2H3,(H,16,17)/b8-5+. The van der Waals surface area contributed by atoms with Crippen molar-refractivity contribution < 1.29 is 19.4 Å². The second kappa shape index (κ2) is 6.44. The Morgan fingerprint density at radius 2 is 1.94 bits per heavy atom. The summed E-state index contributed by atoms with van der Waals surface area (Å²) in [6.07, 6.45) is 2.96. The molecule has 1 aromatic rings. The van der Waals surface area contributed by atoms with Crippen LogP contribution in [-0.2, 0) is 9.59 Å². The first kappa shape index (κ1) is 13.8. The zero-order chi connectivity index (χ0) is 13.5. The van der Waals surface area contributed by atoms with Gasteiger partial charge in [-0.3, -0.25) is 9.59 Å². The zero-order valence-corrected chi connectivity index (χ0v) is 10.3. The maximum atomic E-state index is 11.5. The molecule has 0 saturated carbocycles. The highest BCUT2D eigenvalue weighted by Crippen LogP contribution is 2.12. The van der Waals surface area contributed by atoms with Crippen LogP contribution >= 0.6 is 0 Å². The van der Waals surface area contributed by atoms with E-state index in [2.05, 4.69) is 0 Å². The molecule has 5 nitrogen and oxygen atoms in total. The van der Waals surface area contributed by atoms with Crippen LogP contribution in [0.5, 0.6) is 5.75 Å². The van der Waals surface area contributed by atoms with E-state index in [4.69, 9.17) is 9.84 Å². The molecule has 0 unspecified atom stereocenters. The molecule has 96 valence electrons. The lowest BCUT2D eigenvalue weighted by Gasteiger charge is -2.11. The summed E-state index contributed by atoms with van der Waals surface area (Å²) in [4.78, 5) is 23.1. The number of aliphatic carboxylic acids is 1. The Labute approximate surface area is 105 Å². The van der Waals surface area contributed by atoms with Crippen molar-refractivity contribution in [1.82, 2.24) is 4.90 Å². The summed E-state index contributed by atoms with van der Waals surface area (Å²) >= 11 is 0. The second-order valence-electron chi connectivity index (χ2n) is 3.69. The van der Waals surface area contributed by atoms with Gasteiger partial charge in [0.05, 0.1) is 7.11 Å². The molecule has 0 spiro atoms. The summed E-state index contributed by atoms with van der Waals surface area (Å²) in [6.45, 7) is -0.314. The topological polar surface area (TPSA) is 66.8 Å². The summed E-state index contributed by atoms with van der Waals surface area (Å²) < 4.78 is 5.01. The van der Waals surface area contributed by atoms with Crippen molar-refractivity contribution in [2.75, 3.05) is 20.7 Å². The third-order valence-electron chi connectivity index (χ3n) is 2.28. The number of likely N-dealkylation sites (N-methyl/N-ethyl adjacent to an activating group) is 1. The Balaban J connectivity index is 2.62. The van der Waals surface area contributed by atoms with E-state index in [1.165, 1.54) is 13.1 Å². The molecule has 0 bridgehead atoms. The first-order valence-corrected chi connectivity index (χ1v) is 5.32. The monoisotopic (exact) mass is 249 g/mol.